The molecular weight excluding hydrogens is 1000 g/mol. The molecule has 4 nitrogen and oxygen atoms in total. The quantitative estimate of drug-likeness (QED) is 0.0818. The molecule has 3 heterocycles. The van der Waals surface area contributed by atoms with E-state index in [1.807, 2.05) is 6.20 Å². The summed E-state index contributed by atoms with van der Waals surface area (Å²) in [5.74, 6) is 0.883. The number of anilines is 2. The predicted octanol–water partition coefficient (Wildman–Crippen LogP) is 11.7. The second-order valence-corrected chi connectivity index (χ2v) is 21.5. The van der Waals surface area contributed by atoms with Gasteiger partial charge in [-0.05, 0) is 80.1 Å². The number of fused-ring (bicyclic) bond motifs is 3. The van der Waals surface area contributed by atoms with E-state index in [0.717, 1.165) is 44.0 Å². The minimum absolute atomic E-state index is 0. The molecule has 0 saturated heterocycles. The monoisotopic (exact) mass is 1050 g/mol. The second kappa shape index (κ2) is 17.7. The number of aromatic nitrogens is 2. The molecule has 8 aromatic carbocycles. The molecule has 11 rings (SSSR count). The van der Waals surface area contributed by atoms with Crippen molar-refractivity contribution in [2.24, 2.45) is 0 Å². The van der Waals surface area contributed by atoms with Crippen LogP contribution in [0.2, 0.25) is 0 Å². The summed E-state index contributed by atoms with van der Waals surface area (Å²) in [5, 5.41) is 7.12. The first-order valence-corrected chi connectivity index (χ1v) is 24.3. The van der Waals surface area contributed by atoms with Crippen molar-refractivity contribution in [2.45, 2.75) is 26.2 Å². The fourth-order valence-corrected chi connectivity index (χ4v) is 14.1. The van der Waals surface area contributed by atoms with Gasteiger partial charge in [-0.2, -0.15) is 52.8 Å². The van der Waals surface area contributed by atoms with Crippen molar-refractivity contribution in [3.63, 3.8) is 0 Å². The van der Waals surface area contributed by atoms with Gasteiger partial charge in [-0.15, -0.1) is 17.7 Å². The van der Waals surface area contributed by atoms with Crippen molar-refractivity contribution >= 4 is 62.0 Å². The van der Waals surface area contributed by atoms with Crippen LogP contribution < -0.4 is 30.5 Å². The third-order valence-electron chi connectivity index (χ3n) is 12.8. The summed E-state index contributed by atoms with van der Waals surface area (Å²) in [6, 6.07) is 82.7. The van der Waals surface area contributed by atoms with Crippen LogP contribution in [0.5, 0.6) is 0 Å². The maximum Gasteiger partial charge on any atom is 0.135 e. The van der Waals surface area contributed by atoms with Crippen LogP contribution in [-0.4, -0.2) is 17.6 Å². The van der Waals surface area contributed by atoms with E-state index in [4.69, 9.17) is 4.98 Å². The minimum atomic E-state index is -3.13. The van der Waals surface area contributed by atoms with E-state index in [-0.39, 0.29) is 26.5 Å². The van der Waals surface area contributed by atoms with Crippen molar-refractivity contribution in [2.75, 3.05) is 9.80 Å². The zero-order chi connectivity index (χ0) is 44.0. The van der Waals surface area contributed by atoms with Crippen LogP contribution in [-0.2, 0) is 26.5 Å². The molecule has 0 fully saturated rings. The second-order valence-electron chi connectivity index (χ2n) is 17.8. The number of nitrogens with zero attached hydrogens (tertiary/aromatic N) is 4. The van der Waals surface area contributed by atoms with E-state index in [1.54, 1.807) is 0 Å². The summed E-state index contributed by atoms with van der Waals surface area (Å²) in [5.41, 5.74) is 10.1. The molecule has 0 N–H and O–H groups in total. The third-order valence-corrected chi connectivity index (χ3v) is 17.4. The molecule has 66 heavy (non-hydrogen) atoms. The SMILES string of the molecule is CC(C)(C)c1ccnc(-n2c3[c-]c([Si](c4[c-]c(N5C=CN(c6ccccc6-c6ccccc6)[CH-]5)ccc4)(c4ccccc4)c4ccccc4)ccc3c3cc(-c4ccccc4)ccc32)c1.[Pt]. The van der Waals surface area contributed by atoms with Crippen LogP contribution in [0.4, 0.5) is 11.4 Å². The Hall–Kier alpha value is -7.04. The molecule has 0 aliphatic carbocycles. The van der Waals surface area contributed by atoms with Gasteiger partial charge in [0.2, 0.25) is 0 Å². The summed E-state index contributed by atoms with van der Waals surface area (Å²) >= 11 is 0. The molecular formula is C60H47N4PtSi-3. The van der Waals surface area contributed by atoms with Crippen molar-refractivity contribution in [3.8, 4) is 28.1 Å². The van der Waals surface area contributed by atoms with Crippen molar-refractivity contribution < 1.29 is 21.1 Å². The summed E-state index contributed by atoms with van der Waals surface area (Å²) in [4.78, 5) is 9.46. The first-order valence-electron chi connectivity index (χ1n) is 22.3. The Morgan fingerprint density at radius 1 is 0.515 bits per heavy atom. The molecule has 1 aliphatic rings. The maximum atomic E-state index is 5.08. The van der Waals surface area contributed by atoms with Gasteiger partial charge in [0.25, 0.3) is 0 Å². The van der Waals surface area contributed by atoms with Gasteiger partial charge in [-0.25, -0.2) is 4.98 Å². The molecule has 6 heteroatoms. The number of para-hydroxylation sites is 1. The molecule has 10 aromatic rings. The molecule has 0 atom stereocenters. The van der Waals surface area contributed by atoms with Gasteiger partial charge in [-0.1, -0.05) is 178 Å². The zero-order valence-electron chi connectivity index (χ0n) is 37.0. The van der Waals surface area contributed by atoms with Gasteiger partial charge in [0, 0.05) is 44.0 Å². The molecule has 1 aliphatic heterocycles. The van der Waals surface area contributed by atoms with Gasteiger partial charge >= 0.3 is 0 Å². The summed E-state index contributed by atoms with van der Waals surface area (Å²) < 4.78 is 2.33. The van der Waals surface area contributed by atoms with E-state index in [1.165, 1.54) is 43.6 Å². The Kier molecular flexibility index (Phi) is 11.5. The molecule has 0 bridgehead atoms. The first kappa shape index (κ1) is 42.9. The molecule has 0 amide bonds. The van der Waals surface area contributed by atoms with Gasteiger partial charge in [-0.3, -0.25) is 0 Å². The zero-order valence-corrected chi connectivity index (χ0v) is 40.3. The first-order chi connectivity index (χ1) is 31.9. The van der Waals surface area contributed by atoms with E-state index < -0.39 is 8.07 Å². The Labute approximate surface area is 403 Å². The minimum Gasteiger partial charge on any atom is -0.500 e. The van der Waals surface area contributed by atoms with Gasteiger partial charge in [0.1, 0.15) is 13.9 Å². The van der Waals surface area contributed by atoms with E-state index in [0.29, 0.717) is 0 Å². The Balaban J connectivity index is 0.00000511. The fraction of sp³-hybridized carbons (Fsp3) is 0.0667. The molecule has 0 saturated carbocycles. The van der Waals surface area contributed by atoms with Crippen molar-refractivity contribution in [1.82, 2.24) is 9.55 Å². The fourth-order valence-electron chi connectivity index (χ4n) is 9.55. The average Bonchev–Trinajstić information content (AvgIpc) is 3.99. The predicted molar refractivity (Wildman–Crippen MR) is 274 cm³/mol. The molecule has 2 aromatic heterocycles. The number of rotatable bonds is 9. The van der Waals surface area contributed by atoms with Crippen molar-refractivity contribution in [1.29, 1.82) is 0 Å². The molecule has 0 radical (unpaired) electrons. The van der Waals surface area contributed by atoms with Crippen LogP contribution in [0.3, 0.4) is 0 Å². The number of hydrogen-bond donors (Lipinski definition) is 0. The maximum absolute atomic E-state index is 5.08. The summed E-state index contributed by atoms with van der Waals surface area (Å²) in [6.45, 7) is 8.94. The summed E-state index contributed by atoms with van der Waals surface area (Å²) in [6.07, 6.45) is 6.22. The Morgan fingerprint density at radius 2 is 1.14 bits per heavy atom. The Bertz CT molecular complexity index is 3300. The van der Waals surface area contributed by atoms with Crippen LogP contribution in [0.1, 0.15) is 26.3 Å². The van der Waals surface area contributed by atoms with Gasteiger partial charge < -0.3 is 14.4 Å². The van der Waals surface area contributed by atoms with E-state index in [2.05, 4.69) is 273 Å². The van der Waals surface area contributed by atoms with Crippen molar-refractivity contribution in [3.05, 3.63) is 249 Å². The average molecular weight is 1050 g/mol. The van der Waals surface area contributed by atoms with E-state index >= 15 is 0 Å². The molecule has 324 valence electrons. The molecule has 0 spiro atoms. The van der Waals surface area contributed by atoms with E-state index in [9.17, 15) is 0 Å². The van der Waals surface area contributed by atoms with Crippen LogP contribution in [0.15, 0.2) is 225 Å². The summed E-state index contributed by atoms with van der Waals surface area (Å²) in [7, 11) is -3.13. The number of pyridine rings is 1. The Morgan fingerprint density at radius 3 is 1.83 bits per heavy atom. The number of hydrogen-bond acceptors (Lipinski definition) is 3. The topological polar surface area (TPSA) is 24.3 Å². The largest absolute Gasteiger partial charge is 0.500 e. The van der Waals surface area contributed by atoms with Crippen LogP contribution >= 0.6 is 0 Å². The smallest absolute Gasteiger partial charge is 0.135 e. The number of benzene rings is 8. The van der Waals surface area contributed by atoms with Gasteiger partial charge in [0.05, 0.1) is 0 Å². The standard InChI is InChI=1S/C60H47N4Si.Pt/c1-60(2,3)47-35-36-61-59(40-47)64-57-34-31-46(44-19-8-4-9-20-44)39-55(57)54-33-32-52(42-58(54)64)65(49-24-12-6-13-25-49,50-26-14-7-15-27-50)51-28-18-23-48(41-51)62-37-38-63(43-62)56-30-17-16-29-53(56)45-21-10-5-11-22-45;/h4-40,43H,1-3H3;/q-3;. The third kappa shape index (κ3) is 7.62. The van der Waals surface area contributed by atoms with Crippen LogP contribution in [0.25, 0.3) is 49.9 Å². The normalized spacial score (nSPS) is 12.8. The van der Waals surface area contributed by atoms with Gasteiger partial charge in [0.15, 0.2) is 0 Å². The molecule has 0 unspecified atom stereocenters. The van der Waals surface area contributed by atoms with Crippen LogP contribution in [0, 0.1) is 18.8 Å².